The highest BCUT2D eigenvalue weighted by atomic mass is 19.2. The van der Waals surface area contributed by atoms with E-state index in [1.54, 1.807) is 0 Å². The zero-order valence-corrected chi connectivity index (χ0v) is 10.7. The van der Waals surface area contributed by atoms with Gasteiger partial charge >= 0.3 is 0 Å². The van der Waals surface area contributed by atoms with E-state index >= 15 is 0 Å². The van der Waals surface area contributed by atoms with Crippen molar-refractivity contribution < 1.29 is 27.6 Å². The van der Waals surface area contributed by atoms with Gasteiger partial charge in [0.25, 0.3) is 11.7 Å². The van der Waals surface area contributed by atoms with E-state index in [4.69, 9.17) is 0 Å². The van der Waals surface area contributed by atoms with E-state index in [2.05, 4.69) is 20.0 Å². The van der Waals surface area contributed by atoms with Crippen LogP contribution < -0.4 is 5.32 Å². The molecule has 1 atom stereocenters. The molecule has 1 heterocycles. The van der Waals surface area contributed by atoms with E-state index in [0.29, 0.717) is 12.1 Å². The third kappa shape index (κ3) is 3.19. The van der Waals surface area contributed by atoms with Crippen LogP contribution in [-0.4, -0.2) is 27.8 Å². The van der Waals surface area contributed by atoms with Crippen LogP contribution in [0.3, 0.4) is 0 Å². The Kier molecular flexibility index (Phi) is 4.22. The highest BCUT2D eigenvalue weighted by Gasteiger charge is 2.21. The maximum absolute atomic E-state index is 13.2. The molecule has 1 aromatic carbocycles. The van der Waals surface area contributed by atoms with E-state index in [1.165, 1.54) is 6.92 Å². The Morgan fingerprint density at radius 2 is 2.00 bits per heavy atom. The first-order chi connectivity index (χ1) is 9.92. The number of benzene rings is 1. The van der Waals surface area contributed by atoms with Crippen molar-refractivity contribution in [2.24, 2.45) is 0 Å². The molecule has 2 rings (SSSR count). The van der Waals surface area contributed by atoms with Crippen LogP contribution in [0.4, 0.5) is 13.2 Å². The van der Waals surface area contributed by atoms with Crippen molar-refractivity contribution in [1.82, 2.24) is 15.5 Å². The van der Waals surface area contributed by atoms with Gasteiger partial charge < -0.3 is 14.9 Å². The van der Waals surface area contributed by atoms with Gasteiger partial charge in [-0.15, -0.1) is 0 Å². The van der Waals surface area contributed by atoms with Crippen molar-refractivity contribution in [3.63, 3.8) is 0 Å². The lowest BCUT2D eigenvalue weighted by atomic mass is 10.1. The average molecular weight is 301 g/mol. The predicted molar refractivity (Wildman–Crippen MR) is 62.6 cm³/mol. The Balaban J connectivity index is 2.22. The second-order valence-corrected chi connectivity index (χ2v) is 4.14. The van der Waals surface area contributed by atoms with Crippen LogP contribution in [0, 0.1) is 24.4 Å². The maximum atomic E-state index is 13.2. The number of hydrogen-bond acceptors (Lipinski definition) is 5. The van der Waals surface area contributed by atoms with Gasteiger partial charge in [0.15, 0.2) is 17.5 Å². The summed E-state index contributed by atoms with van der Waals surface area (Å²) in [6.45, 7) is 0.811. The summed E-state index contributed by atoms with van der Waals surface area (Å²) in [4.78, 5) is 15.4. The summed E-state index contributed by atoms with van der Waals surface area (Å²) in [6, 6.07) is 0.211. The summed E-state index contributed by atoms with van der Waals surface area (Å²) in [5, 5.41) is 14.8. The largest absolute Gasteiger partial charge is 0.394 e. The molecule has 0 radical (unpaired) electrons. The minimum Gasteiger partial charge on any atom is -0.394 e. The summed E-state index contributed by atoms with van der Waals surface area (Å²) in [6.07, 6.45) is 0. The zero-order valence-electron chi connectivity index (χ0n) is 10.7. The minimum atomic E-state index is -1.63. The molecule has 1 amide bonds. The SMILES string of the molecule is Cc1nc(C(=O)NC(CO)c2cc(F)c(F)c(F)c2)no1. The van der Waals surface area contributed by atoms with E-state index in [-0.39, 0.29) is 17.3 Å². The van der Waals surface area contributed by atoms with Crippen LogP contribution in [-0.2, 0) is 0 Å². The molecule has 2 aromatic rings. The maximum Gasteiger partial charge on any atom is 0.293 e. The van der Waals surface area contributed by atoms with Gasteiger partial charge in [0.05, 0.1) is 12.6 Å². The number of carbonyl (C=O) groups excluding carboxylic acids is 1. The first-order valence-electron chi connectivity index (χ1n) is 5.79. The van der Waals surface area contributed by atoms with E-state index in [9.17, 15) is 23.1 Å². The van der Waals surface area contributed by atoms with Gasteiger partial charge in [-0.1, -0.05) is 5.16 Å². The Morgan fingerprint density at radius 1 is 1.38 bits per heavy atom. The number of nitrogens with one attached hydrogen (secondary N) is 1. The Morgan fingerprint density at radius 3 is 2.48 bits per heavy atom. The van der Waals surface area contributed by atoms with Crippen molar-refractivity contribution in [2.75, 3.05) is 6.61 Å². The second kappa shape index (κ2) is 5.92. The van der Waals surface area contributed by atoms with Crippen molar-refractivity contribution in [1.29, 1.82) is 0 Å². The first kappa shape index (κ1) is 15.0. The lowest BCUT2D eigenvalue weighted by Crippen LogP contribution is -2.31. The lowest BCUT2D eigenvalue weighted by molar-refractivity contribution is 0.0902. The molecule has 9 heteroatoms. The molecule has 0 bridgehead atoms. The number of aliphatic hydroxyl groups is 1. The number of carbonyl (C=O) groups is 1. The molecule has 0 aliphatic rings. The van der Waals surface area contributed by atoms with Crippen LogP contribution in [0.5, 0.6) is 0 Å². The third-order valence-electron chi connectivity index (χ3n) is 2.63. The molecule has 0 saturated heterocycles. The van der Waals surface area contributed by atoms with Crippen LogP contribution in [0.15, 0.2) is 16.7 Å². The van der Waals surface area contributed by atoms with Crippen LogP contribution in [0.25, 0.3) is 0 Å². The number of aryl methyl sites for hydroxylation is 1. The molecule has 0 aliphatic carbocycles. The van der Waals surface area contributed by atoms with E-state index < -0.39 is 36.0 Å². The van der Waals surface area contributed by atoms with Crippen LogP contribution >= 0.6 is 0 Å². The van der Waals surface area contributed by atoms with E-state index in [0.717, 1.165) is 0 Å². The molecule has 21 heavy (non-hydrogen) atoms. The number of aliphatic hydroxyl groups excluding tert-OH is 1. The predicted octanol–water partition coefficient (Wildman–Crippen LogP) is 1.26. The summed E-state index contributed by atoms with van der Waals surface area (Å²) < 4.78 is 43.8. The number of hydrogen-bond donors (Lipinski definition) is 2. The van der Waals surface area contributed by atoms with Crippen LogP contribution in [0.2, 0.25) is 0 Å². The highest BCUT2D eigenvalue weighted by Crippen LogP contribution is 2.19. The number of aromatic nitrogens is 2. The van der Waals surface area contributed by atoms with Gasteiger partial charge in [0, 0.05) is 6.92 Å². The van der Waals surface area contributed by atoms with Gasteiger partial charge in [0.1, 0.15) is 0 Å². The molecule has 0 saturated carbocycles. The van der Waals surface area contributed by atoms with E-state index in [1.807, 2.05) is 0 Å². The number of nitrogens with zero attached hydrogens (tertiary/aromatic N) is 2. The quantitative estimate of drug-likeness (QED) is 0.830. The van der Waals surface area contributed by atoms with Gasteiger partial charge in [-0.3, -0.25) is 4.79 Å². The van der Waals surface area contributed by atoms with Crippen molar-refractivity contribution in [2.45, 2.75) is 13.0 Å². The average Bonchev–Trinajstić information content (AvgIpc) is 2.88. The topological polar surface area (TPSA) is 88.2 Å². The fourth-order valence-electron chi connectivity index (χ4n) is 1.62. The summed E-state index contributed by atoms with van der Waals surface area (Å²) in [5.41, 5.74) is -0.137. The molecule has 1 aromatic heterocycles. The number of amides is 1. The Hall–Kier alpha value is -2.42. The van der Waals surface area contributed by atoms with Gasteiger partial charge in [0.2, 0.25) is 5.89 Å². The van der Waals surface area contributed by atoms with Crippen molar-refractivity contribution in [3.8, 4) is 0 Å². The zero-order chi connectivity index (χ0) is 15.6. The molecule has 0 aliphatic heterocycles. The van der Waals surface area contributed by atoms with Gasteiger partial charge in [-0.2, -0.15) is 4.98 Å². The molecule has 1 unspecified atom stereocenters. The summed E-state index contributed by atoms with van der Waals surface area (Å²) >= 11 is 0. The molecule has 2 N–H and O–H groups in total. The molecular formula is C12H10F3N3O3. The summed E-state index contributed by atoms with van der Waals surface area (Å²) in [5.74, 6) is -5.43. The minimum absolute atomic E-state index is 0.137. The lowest BCUT2D eigenvalue weighted by Gasteiger charge is -2.16. The normalized spacial score (nSPS) is 12.2. The standard InChI is InChI=1S/C12H10F3N3O3/c1-5-16-11(18-21-5)12(20)17-9(4-19)6-2-7(13)10(15)8(14)3-6/h2-3,9,19H,4H2,1H3,(H,17,20). The molecule has 0 spiro atoms. The van der Waals surface area contributed by atoms with Crippen molar-refractivity contribution in [3.05, 3.63) is 46.9 Å². The molecular weight excluding hydrogens is 291 g/mol. The number of halogens is 3. The number of rotatable bonds is 4. The van der Waals surface area contributed by atoms with Gasteiger partial charge in [-0.05, 0) is 17.7 Å². The third-order valence-corrected chi connectivity index (χ3v) is 2.63. The monoisotopic (exact) mass is 301 g/mol. The smallest absolute Gasteiger partial charge is 0.293 e. The molecule has 112 valence electrons. The summed E-state index contributed by atoms with van der Waals surface area (Å²) in [7, 11) is 0. The van der Waals surface area contributed by atoms with Gasteiger partial charge in [-0.25, -0.2) is 13.2 Å². The fourth-order valence-corrected chi connectivity index (χ4v) is 1.62. The Bertz CT molecular complexity index is 652. The highest BCUT2D eigenvalue weighted by molar-refractivity contribution is 5.90. The fraction of sp³-hybridized carbons (Fsp3) is 0.250. The second-order valence-electron chi connectivity index (χ2n) is 4.14. The Labute approximate surface area is 116 Å². The molecule has 6 nitrogen and oxygen atoms in total. The molecule has 0 fully saturated rings. The van der Waals surface area contributed by atoms with Crippen molar-refractivity contribution >= 4 is 5.91 Å². The first-order valence-corrected chi connectivity index (χ1v) is 5.79. The van der Waals surface area contributed by atoms with Crippen LogP contribution in [0.1, 0.15) is 28.1 Å².